The molecule has 0 atom stereocenters. The van der Waals surface area contributed by atoms with Crippen molar-refractivity contribution in [3.05, 3.63) is 58.4 Å². The van der Waals surface area contributed by atoms with Crippen LogP contribution in [0.4, 0.5) is 10.1 Å². The number of hydrogen-bond acceptors (Lipinski definition) is 2. The molecule has 6 heteroatoms. The number of rotatable bonds is 3. The highest BCUT2D eigenvalue weighted by Crippen LogP contribution is 2.30. The number of sulfonamides is 1. The molecule has 1 aliphatic carbocycles. The van der Waals surface area contributed by atoms with Crippen LogP contribution in [0.15, 0.2) is 41.3 Å². The van der Waals surface area contributed by atoms with Gasteiger partial charge in [-0.1, -0.05) is 23.7 Å². The van der Waals surface area contributed by atoms with Crippen molar-refractivity contribution >= 4 is 27.3 Å². The highest BCUT2D eigenvalue weighted by Gasteiger charge is 2.20. The molecule has 0 radical (unpaired) electrons. The van der Waals surface area contributed by atoms with Gasteiger partial charge in [-0.15, -0.1) is 0 Å². The summed E-state index contributed by atoms with van der Waals surface area (Å²) in [6.45, 7) is 0. The molecular weight excluding hydrogens is 325 g/mol. The summed E-state index contributed by atoms with van der Waals surface area (Å²) in [6.07, 6.45) is 4.00. The van der Waals surface area contributed by atoms with E-state index in [0.29, 0.717) is 5.69 Å². The lowest BCUT2D eigenvalue weighted by atomic mass is 9.91. The lowest BCUT2D eigenvalue weighted by molar-refractivity contribution is 0.599. The first-order valence-electron chi connectivity index (χ1n) is 7.06. The molecule has 0 aliphatic heterocycles. The van der Waals surface area contributed by atoms with Gasteiger partial charge in [-0.2, -0.15) is 0 Å². The van der Waals surface area contributed by atoms with Gasteiger partial charge in [0, 0.05) is 0 Å². The third-order valence-electron chi connectivity index (χ3n) is 3.84. The Kier molecular flexibility index (Phi) is 4.10. The van der Waals surface area contributed by atoms with E-state index in [1.54, 1.807) is 6.07 Å². The summed E-state index contributed by atoms with van der Waals surface area (Å²) in [4.78, 5) is -0.0488. The van der Waals surface area contributed by atoms with Gasteiger partial charge in [0.15, 0.2) is 0 Å². The number of hydrogen-bond donors (Lipinski definition) is 1. The molecule has 22 heavy (non-hydrogen) atoms. The van der Waals surface area contributed by atoms with E-state index in [4.69, 9.17) is 11.6 Å². The molecule has 2 aromatic rings. The van der Waals surface area contributed by atoms with Crippen LogP contribution in [-0.4, -0.2) is 8.42 Å². The molecule has 116 valence electrons. The highest BCUT2D eigenvalue weighted by atomic mass is 35.5. The first-order chi connectivity index (χ1) is 10.5. The molecule has 1 N–H and O–H groups in total. The number of anilines is 1. The minimum atomic E-state index is -3.79. The summed E-state index contributed by atoms with van der Waals surface area (Å²) in [5, 5.41) is -0.210. The van der Waals surface area contributed by atoms with Crippen LogP contribution >= 0.6 is 11.6 Å². The van der Waals surface area contributed by atoms with Gasteiger partial charge in [-0.05, 0) is 61.1 Å². The Morgan fingerprint density at radius 2 is 1.86 bits per heavy atom. The first-order valence-corrected chi connectivity index (χ1v) is 8.92. The van der Waals surface area contributed by atoms with Crippen molar-refractivity contribution in [1.29, 1.82) is 0 Å². The lowest BCUT2D eigenvalue weighted by Crippen LogP contribution is -2.16. The summed E-state index contributed by atoms with van der Waals surface area (Å²) in [7, 11) is -3.79. The Morgan fingerprint density at radius 3 is 2.64 bits per heavy atom. The van der Waals surface area contributed by atoms with Crippen LogP contribution < -0.4 is 4.72 Å². The SMILES string of the molecule is O=S(=O)(Nc1cccc2c1CCCC2)c1ccc(F)c(Cl)c1. The second kappa shape index (κ2) is 5.89. The number of benzene rings is 2. The Balaban J connectivity index is 1.96. The van der Waals surface area contributed by atoms with Gasteiger partial charge in [0.05, 0.1) is 15.6 Å². The summed E-state index contributed by atoms with van der Waals surface area (Å²) in [5.74, 6) is -0.641. The molecule has 1 aliphatic rings. The van der Waals surface area contributed by atoms with Crippen molar-refractivity contribution in [3.8, 4) is 0 Å². The Bertz CT molecular complexity index is 821. The first kappa shape index (κ1) is 15.3. The largest absolute Gasteiger partial charge is 0.279 e. The fourth-order valence-corrected chi connectivity index (χ4v) is 4.09. The molecule has 0 amide bonds. The highest BCUT2D eigenvalue weighted by molar-refractivity contribution is 7.92. The van der Waals surface area contributed by atoms with E-state index in [1.807, 2.05) is 12.1 Å². The molecule has 0 fully saturated rings. The zero-order valence-corrected chi connectivity index (χ0v) is 13.3. The van der Waals surface area contributed by atoms with Gasteiger partial charge < -0.3 is 0 Å². The number of aryl methyl sites for hydroxylation is 1. The third kappa shape index (κ3) is 2.96. The van der Waals surface area contributed by atoms with Gasteiger partial charge in [0.25, 0.3) is 10.0 Å². The average molecular weight is 340 g/mol. The van der Waals surface area contributed by atoms with Crippen molar-refractivity contribution in [2.45, 2.75) is 30.6 Å². The molecule has 0 unspecified atom stereocenters. The van der Waals surface area contributed by atoms with E-state index in [-0.39, 0.29) is 9.92 Å². The fourth-order valence-electron chi connectivity index (χ4n) is 2.72. The lowest BCUT2D eigenvalue weighted by Gasteiger charge is -2.20. The van der Waals surface area contributed by atoms with Gasteiger partial charge in [0.1, 0.15) is 5.82 Å². The van der Waals surface area contributed by atoms with Crippen LogP contribution in [0.3, 0.4) is 0 Å². The molecule has 0 saturated carbocycles. The maximum atomic E-state index is 13.2. The van der Waals surface area contributed by atoms with E-state index in [2.05, 4.69) is 4.72 Å². The molecule has 3 rings (SSSR count). The second-order valence-corrected chi connectivity index (χ2v) is 7.42. The van der Waals surface area contributed by atoms with Crippen LogP contribution in [0, 0.1) is 5.82 Å². The predicted molar refractivity (Wildman–Crippen MR) is 85.3 cm³/mol. The average Bonchev–Trinajstić information content (AvgIpc) is 2.50. The van der Waals surface area contributed by atoms with E-state index in [9.17, 15) is 12.8 Å². The summed E-state index contributed by atoms with van der Waals surface area (Å²) >= 11 is 5.67. The maximum Gasteiger partial charge on any atom is 0.261 e. The Morgan fingerprint density at radius 1 is 1.09 bits per heavy atom. The Labute approximate surface area is 134 Å². The fraction of sp³-hybridized carbons (Fsp3) is 0.250. The van der Waals surface area contributed by atoms with Crippen molar-refractivity contribution in [1.82, 2.24) is 0 Å². The summed E-state index contributed by atoms with van der Waals surface area (Å²) in [5.41, 5.74) is 2.83. The third-order valence-corrected chi connectivity index (χ3v) is 5.49. The normalized spacial score (nSPS) is 14.5. The topological polar surface area (TPSA) is 46.2 Å². The smallest absolute Gasteiger partial charge is 0.261 e. The van der Waals surface area contributed by atoms with Crippen molar-refractivity contribution in [2.75, 3.05) is 4.72 Å². The van der Waals surface area contributed by atoms with Crippen LogP contribution in [0.25, 0.3) is 0 Å². The van der Waals surface area contributed by atoms with Crippen LogP contribution in [0.2, 0.25) is 5.02 Å². The van der Waals surface area contributed by atoms with Gasteiger partial charge in [-0.3, -0.25) is 4.72 Å². The molecule has 0 heterocycles. The van der Waals surface area contributed by atoms with Gasteiger partial charge in [-0.25, -0.2) is 12.8 Å². The van der Waals surface area contributed by atoms with Gasteiger partial charge in [0.2, 0.25) is 0 Å². The predicted octanol–water partition coefficient (Wildman–Crippen LogP) is 4.16. The molecule has 0 aromatic heterocycles. The van der Waals surface area contributed by atoms with Crippen LogP contribution in [0.1, 0.15) is 24.0 Å². The van der Waals surface area contributed by atoms with Crippen molar-refractivity contribution < 1.29 is 12.8 Å². The van der Waals surface area contributed by atoms with Crippen LogP contribution in [0.5, 0.6) is 0 Å². The standard InChI is InChI=1S/C16H15ClFNO2S/c17-14-10-12(8-9-15(14)18)22(20,21)19-16-7-3-5-11-4-1-2-6-13(11)16/h3,5,7-10,19H,1-2,4,6H2. The molecule has 3 nitrogen and oxygen atoms in total. The van der Waals surface area contributed by atoms with Crippen molar-refractivity contribution in [2.24, 2.45) is 0 Å². The van der Waals surface area contributed by atoms with Gasteiger partial charge >= 0.3 is 0 Å². The van der Waals surface area contributed by atoms with E-state index >= 15 is 0 Å². The molecule has 0 saturated heterocycles. The zero-order chi connectivity index (χ0) is 15.7. The molecule has 0 spiro atoms. The Hall–Kier alpha value is -1.59. The minimum absolute atomic E-state index is 0.0488. The van der Waals surface area contributed by atoms with Crippen LogP contribution in [-0.2, 0) is 22.9 Å². The summed E-state index contributed by atoms with van der Waals surface area (Å²) in [6, 6.07) is 9.01. The number of nitrogens with one attached hydrogen (secondary N) is 1. The number of halogens is 2. The second-order valence-electron chi connectivity index (χ2n) is 5.33. The monoisotopic (exact) mass is 339 g/mol. The van der Waals surface area contributed by atoms with Crippen molar-refractivity contribution in [3.63, 3.8) is 0 Å². The quantitative estimate of drug-likeness (QED) is 0.912. The molecule has 0 bridgehead atoms. The van der Waals surface area contributed by atoms with E-state index in [1.165, 1.54) is 11.6 Å². The van der Waals surface area contributed by atoms with E-state index in [0.717, 1.165) is 43.4 Å². The molecule has 2 aromatic carbocycles. The number of fused-ring (bicyclic) bond motifs is 1. The minimum Gasteiger partial charge on any atom is -0.279 e. The molecular formula is C16H15ClFNO2S. The maximum absolute atomic E-state index is 13.2. The zero-order valence-electron chi connectivity index (χ0n) is 11.8. The van der Waals surface area contributed by atoms with E-state index < -0.39 is 15.8 Å². The summed E-state index contributed by atoms with van der Waals surface area (Å²) < 4.78 is 40.7.